The van der Waals surface area contributed by atoms with Crippen molar-refractivity contribution in [2.24, 2.45) is 5.92 Å². The molecule has 1 fully saturated rings. The van der Waals surface area contributed by atoms with Crippen LogP contribution in [0.25, 0.3) is 0 Å². The Bertz CT molecular complexity index is 198. The maximum Gasteiger partial charge on any atom is 0.307 e. The molecule has 0 aromatic rings. The Kier molecular flexibility index (Phi) is 5.09. The first kappa shape index (κ1) is 12.5. The number of hydrogen-bond acceptors (Lipinski definition) is 3. The molecule has 3 heteroatoms. The zero-order valence-corrected chi connectivity index (χ0v) is 10.2. The van der Waals surface area contributed by atoms with E-state index >= 15 is 0 Å². The Labute approximate surface area is 92.8 Å². The first-order valence-electron chi connectivity index (χ1n) is 6.03. The summed E-state index contributed by atoms with van der Waals surface area (Å²) in [6, 6.07) is 0.330. The maximum atomic E-state index is 11.3. The molecule has 0 aromatic carbocycles. The van der Waals surface area contributed by atoms with Crippen molar-refractivity contribution in [1.82, 2.24) is 4.90 Å². The van der Waals surface area contributed by atoms with Crippen molar-refractivity contribution in [3.05, 3.63) is 0 Å². The maximum absolute atomic E-state index is 11.3. The highest BCUT2D eigenvalue weighted by molar-refractivity contribution is 5.70. The van der Waals surface area contributed by atoms with Gasteiger partial charge in [-0.05, 0) is 45.7 Å². The average molecular weight is 213 g/mol. The summed E-state index contributed by atoms with van der Waals surface area (Å²) >= 11 is 0. The van der Waals surface area contributed by atoms with Gasteiger partial charge in [0.25, 0.3) is 0 Å². The van der Waals surface area contributed by atoms with Crippen molar-refractivity contribution < 1.29 is 9.53 Å². The monoisotopic (exact) mass is 213 g/mol. The van der Waals surface area contributed by atoms with Crippen LogP contribution in [0.3, 0.4) is 0 Å². The first-order chi connectivity index (χ1) is 7.13. The van der Waals surface area contributed by atoms with E-state index in [0.717, 1.165) is 19.0 Å². The molecule has 1 rings (SSSR count). The van der Waals surface area contributed by atoms with Crippen molar-refractivity contribution in [3.8, 4) is 0 Å². The van der Waals surface area contributed by atoms with Crippen LogP contribution in [0.2, 0.25) is 0 Å². The first-order valence-corrected chi connectivity index (χ1v) is 6.03. The summed E-state index contributed by atoms with van der Waals surface area (Å²) in [5.74, 6) is 0.777. The fraction of sp³-hybridized carbons (Fsp3) is 0.917. The minimum atomic E-state index is -0.0661. The summed E-state index contributed by atoms with van der Waals surface area (Å²) < 4.78 is 4.96. The van der Waals surface area contributed by atoms with Gasteiger partial charge in [0.05, 0.1) is 13.0 Å². The molecule has 1 heterocycles. The third kappa shape index (κ3) is 4.20. The molecule has 0 bridgehead atoms. The van der Waals surface area contributed by atoms with Gasteiger partial charge >= 0.3 is 5.97 Å². The van der Waals surface area contributed by atoms with E-state index in [1.165, 1.54) is 12.8 Å². The van der Waals surface area contributed by atoms with Gasteiger partial charge in [-0.3, -0.25) is 4.79 Å². The molecule has 1 unspecified atom stereocenters. The van der Waals surface area contributed by atoms with Gasteiger partial charge in [0, 0.05) is 6.04 Å². The molecule has 0 radical (unpaired) electrons. The van der Waals surface area contributed by atoms with E-state index in [1.807, 2.05) is 6.92 Å². The summed E-state index contributed by atoms with van der Waals surface area (Å²) in [6.45, 7) is 9.01. The molecule has 88 valence electrons. The zero-order chi connectivity index (χ0) is 11.3. The molecule has 0 amide bonds. The third-order valence-electron chi connectivity index (χ3n) is 3.21. The Morgan fingerprint density at radius 2 is 2.07 bits per heavy atom. The Balaban J connectivity index is 2.27. The van der Waals surface area contributed by atoms with Gasteiger partial charge in [-0.2, -0.15) is 0 Å². The van der Waals surface area contributed by atoms with Gasteiger partial charge in [-0.25, -0.2) is 0 Å². The number of esters is 1. The van der Waals surface area contributed by atoms with Gasteiger partial charge < -0.3 is 9.64 Å². The van der Waals surface area contributed by atoms with Gasteiger partial charge in [-0.1, -0.05) is 6.92 Å². The van der Waals surface area contributed by atoms with E-state index in [4.69, 9.17) is 4.74 Å². The molecular formula is C12H23NO2. The molecule has 1 aliphatic heterocycles. The lowest BCUT2D eigenvalue weighted by atomic mass is 9.97. The number of rotatable bonds is 4. The van der Waals surface area contributed by atoms with Crippen LogP contribution in [0, 0.1) is 5.92 Å². The highest BCUT2D eigenvalue weighted by Crippen LogP contribution is 2.19. The van der Waals surface area contributed by atoms with Crippen LogP contribution in [-0.2, 0) is 9.53 Å². The lowest BCUT2D eigenvalue weighted by Crippen LogP contribution is -2.40. The standard InChI is InChI=1S/C12H23NO2/c1-4-15-12(14)9-11(3)13-7-5-10(2)6-8-13/h10-11H,4-9H2,1-3H3. The van der Waals surface area contributed by atoms with Gasteiger partial charge in [-0.15, -0.1) is 0 Å². The highest BCUT2D eigenvalue weighted by Gasteiger charge is 2.22. The molecule has 0 spiro atoms. The molecule has 1 atom stereocenters. The van der Waals surface area contributed by atoms with E-state index in [9.17, 15) is 4.79 Å². The molecule has 0 aliphatic carbocycles. The van der Waals surface area contributed by atoms with Crippen molar-refractivity contribution in [2.75, 3.05) is 19.7 Å². The molecule has 0 aromatic heterocycles. The second-order valence-electron chi connectivity index (χ2n) is 4.58. The average Bonchev–Trinajstić information content (AvgIpc) is 2.18. The highest BCUT2D eigenvalue weighted by atomic mass is 16.5. The van der Waals surface area contributed by atoms with E-state index in [-0.39, 0.29) is 5.97 Å². The minimum absolute atomic E-state index is 0.0661. The summed E-state index contributed by atoms with van der Waals surface area (Å²) in [7, 11) is 0. The fourth-order valence-corrected chi connectivity index (χ4v) is 2.06. The van der Waals surface area contributed by atoms with Crippen LogP contribution in [0.5, 0.6) is 0 Å². The molecule has 15 heavy (non-hydrogen) atoms. The van der Waals surface area contributed by atoms with E-state index in [2.05, 4.69) is 18.7 Å². The molecular weight excluding hydrogens is 190 g/mol. The van der Waals surface area contributed by atoms with Crippen LogP contribution in [0.1, 0.15) is 40.0 Å². The summed E-state index contributed by atoms with van der Waals surface area (Å²) in [5.41, 5.74) is 0. The van der Waals surface area contributed by atoms with Crippen LogP contribution in [0.15, 0.2) is 0 Å². The quantitative estimate of drug-likeness (QED) is 0.669. The smallest absolute Gasteiger partial charge is 0.307 e. The number of piperidine rings is 1. The van der Waals surface area contributed by atoms with Gasteiger partial charge in [0.15, 0.2) is 0 Å². The predicted octanol–water partition coefficient (Wildman–Crippen LogP) is 2.06. The number of nitrogens with zero attached hydrogens (tertiary/aromatic N) is 1. The second kappa shape index (κ2) is 6.11. The van der Waals surface area contributed by atoms with E-state index < -0.39 is 0 Å². The summed E-state index contributed by atoms with van der Waals surface area (Å²) in [4.78, 5) is 13.7. The van der Waals surface area contributed by atoms with E-state index in [0.29, 0.717) is 19.1 Å². The van der Waals surface area contributed by atoms with Crippen molar-refractivity contribution in [3.63, 3.8) is 0 Å². The fourth-order valence-electron chi connectivity index (χ4n) is 2.06. The molecule has 0 N–H and O–H groups in total. The van der Waals surface area contributed by atoms with Crippen molar-refractivity contribution >= 4 is 5.97 Å². The molecule has 0 saturated carbocycles. The van der Waals surface area contributed by atoms with Crippen LogP contribution in [-0.4, -0.2) is 36.6 Å². The largest absolute Gasteiger partial charge is 0.466 e. The Morgan fingerprint density at radius 1 is 1.47 bits per heavy atom. The third-order valence-corrected chi connectivity index (χ3v) is 3.21. The number of carbonyl (C=O) groups excluding carboxylic acids is 1. The summed E-state index contributed by atoms with van der Waals surface area (Å²) in [6.07, 6.45) is 3.04. The van der Waals surface area contributed by atoms with Crippen LogP contribution >= 0.6 is 0 Å². The molecule has 1 aliphatic rings. The Morgan fingerprint density at radius 3 is 2.60 bits per heavy atom. The number of carbonyl (C=O) groups is 1. The van der Waals surface area contributed by atoms with Crippen LogP contribution in [0.4, 0.5) is 0 Å². The molecule has 1 saturated heterocycles. The topological polar surface area (TPSA) is 29.5 Å². The normalized spacial score (nSPS) is 21.3. The minimum Gasteiger partial charge on any atom is -0.466 e. The zero-order valence-electron chi connectivity index (χ0n) is 10.2. The summed E-state index contributed by atoms with van der Waals surface area (Å²) in [5, 5.41) is 0. The number of hydrogen-bond donors (Lipinski definition) is 0. The van der Waals surface area contributed by atoms with E-state index in [1.54, 1.807) is 0 Å². The number of likely N-dealkylation sites (tertiary alicyclic amines) is 1. The van der Waals surface area contributed by atoms with Crippen LogP contribution < -0.4 is 0 Å². The number of ether oxygens (including phenoxy) is 1. The van der Waals surface area contributed by atoms with Crippen molar-refractivity contribution in [1.29, 1.82) is 0 Å². The van der Waals surface area contributed by atoms with Gasteiger partial charge in [0.2, 0.25) is 0 Å². The lowest BCUT2D eigenvalue weighted by molar-refractivity contribution is -0.144. The predicted molar refractivity (Wildman–Crippen MR) is 60.7 cm³/mol. The second-order valence-corrected chi connectivity index (χ2v) is 4.58. The Hall–Kier alpha value is -0.570. The SMILES string of the molecule is CCOC(=O)CC(C)N1CCC(C)CC1. The van der Waals surface area contributed by atoms with Gasteiger partial charge in [0.1, 0.15) is 0 Å². The van der Waals surface area contributed by atoms with Crippen molar-refractivity contribution in [2.45, 2.75) is 46.1 Å². The molecule has 3 nitrogen and oxygen atoms in total. The lowest BCUT2D eigenvalue weighted by Gasteiger charge is -2.34.